The standard InChI is InChI=1S/C27H42NO2/c1-22(2)19-25-13-10-14-27(26(25)20-23(3)4)30-18-17-29-16-15-28(5,6)21-24-11-8-7-9-12-24/h7-14,22-23H,15-21H2,1-6H3/q+1. The number of hydrogen-bond acceptors (Lipinski definition) is 2. The van der Waals surface area contributed by atoms with E-state index < -0.39 is 0 Å². The van der Waals surface area contributed by atoms with Crippen LogP contribution >= 0.6 is 0 Å². The topological polar surface area (TPSA) is 18.5 Å². The summed E-state index contributed by atoms with van der Waals surface area (Å²) in [5, 5.41) is 0. The number of benzene rings is 2. The van der Waals surface area contributed by atoms with Gasteiger partial charge in [0.2, 0.25) is 0 Å². The van der Waals surface area contributed by atoms with Crippen molar-refractivity contribution in [1.82, 2.24) is 0 Å². The van der Waals surface area contributed by atoms with Crippen molar-refractivity contribution >= 4 is 0 Å². The Morgan fingerprint density at radius 1 is 0.767 bits per heavy atom. The van der Waals surface area contributed by atoms with Gasteiger partial charge in [0, 0.05) is 5.56 Å². The van der Waals surface area contributed by atoms with Crippen LogP contribution in [0.25, 0.3) is 0 Å². The van der Waals surface area contributed by atoms with Gasteiger partial charge in [0.25, 0.3) is 0 Å². The van der Waals surface area contributed by atoms with E-state index in [9.17, 15) is 0 Å². The zero-order valence-corrected chi connectivity index (χ0v) is 20.0. The molecule has 0 saturated carbocycles. The van der Waals surface area contributed by atoms with Crippen molar-refractivity contribution in [3.05, 3.63) is 65.2 Å². The van der Waals surface area contributed by atoms with E-state index in [1.165, 1.54) is 16.7 Å². The van der Waals surface area contributed by atoms with E-state index in [2.05, 4.69) is 90.3 Å². The third-order valence-corrected chi connectivity index (χ3v) is 5.25. The number of ether oxygens (including phenoxy) is 2. The summed E-state index contributed by atoms with van der Waals surface area (Å²) in [6.45, 7) is 13.1. The normalized spacial score (nSPS) is 12.0. The Balaban J connectivity index is 1.79. The summed E-state index contributed by atoms with van der Waals surface area (Å²) < 4.78 is 13.0. The Bertz CT molecular complexity index is 738. The van der Waals surface area contributed by atoms with Gasteiger partial charge in [-0.2, -0.15) is 0 Å². The van der Waals surface area contributed by atoms with Crippen molar-refractivity contribution in [2.45, 2.75) is 47.1 Å². The third kappa shape index (κ3) is 8.89. The van der Waals surface area contributed by atoms with Gasteiger partial charge in [0.15, 0.2) is 0 Å². The van der Waals surface area contributed by atoms with Crippen LogP contribution in [0.1, 0.15) is 44.4 Å². The van der Waals surface area contributed by atoms with E-state index in [1.807, 2.05) is 0 Å². The molecule has 2 aromatic rings. The largest absolute Gasteiger partial charge is 0.491 e. The molecular weight excluding hydrogens is 370 g/mol. The first-order chi connectivity index (χ1) is 14.3. The van der Waals surface area contributed by atoms with Crippen LogP contribution in [0.2, 0.25) is 0 Å². The zero-order valence-electron chi connectivity index (χ0n) is 20.0. The summed E-state index contributed by atoms with van der Waals surface area (Å²) in [6, 6.07) is 17.2. The fourth-order valence-electron chi connectivity index (χ4n) is 3.80. The minimum absolute atomic E-state index is 0.600. The van der Waals surface area contributed by atoms with Crippen molar-refractivity contribution in [3.8, 4) is 5.75 Å². The molecule has 0 aliphatic heterocycles. The lowest BCUT2D eigenvalue weighted by Crippen LogP contribution is -2.41. The van der Waals surface area contributed by atoms with Gasteiger partial charge in [-0.25, -0.2) is 0 Å². The van der Waals surface area contributed by atoms with Crippen LogP contribution in [0.4, 0.5) is 0 Å². The lowest BCUT2D eigenvalue weighted by Gasteiger charge is -2.29. The van der Waals surface area contributed by atoms with Gasteiger partial charge >= 0.3 is 0 Å². The summed E-state index contributed by atoms with van der Waals surface area (Å²) in [5.74, 6) is 2.29. The molecular formula is C27H42NO2+. The average molecular weight is 413 g/mol. The van der Waals surface area contributed by atoms with Crippen molar-refractivity contribution < 1.29 is 14.0 Å². The number of likely N-dealkylation sites (N-methyl/N-ethyl adjacent to an activating group) is 1. The maximum absolute atomic E-state index is 6.16. The number of quaternary nitrogens is 1. The molecule has 0 aliphatic rings. The summed E-state index contributed by atoms with van der Waals surface area (Å²) in [6.07, 6.45) is 2.16. The molecule has 0 spiro atoms. The number of rotatable bonds is 13. The highest BCUT2D eigenvalue weighted by molar-refractivity contribution is 5.41. The summed E-state index contributed by atoms with van der Waals surface area (Å²) in [5.41, 5.74) is 4.17. The molecule has 2 aromatic carbocycles. The Hall–Kier alpha value is -1.84. The van der Waals surface area contributed by atoms with E-state index in [0.717, 1.165) is 42.8 Å². The van der Waals surface area contributed by atoms with E-state index in [4.69, 9.17) is 9.47 Å². The molecule has 0 aromatic heterocycles. The van der Waals surface area contributed by atoms with Crippen LogP contribution < -0.4 is 4.74 Å². The van der Waals surface area contributed by atoms with Crippen molar-refractivity contribution in [3.63, 3.8) is 0 Å². The van der Waals surface area contributed by atoms with Crippen molar-refractivity contribution in [2.75, 3.05) is 40.5 Å². The molecule has 0 atom stereocenters. The summed E-state index contributed by atoms with van der Waals surface area (Å²) >= 11 is 0. The molecule has 0 amide bonds. The summed E-state index contributed by atoms with van der Waals surface area (Å²) in [7, 11) is 4.51. The van der Waals surface area contributed by atoms with E-state index in [0.29, 0.717) is 25.0 Å². The quantitative estimate of drug-likeness (QED) is 0.308. The van der Waals surface area contributed by atoms with Crippen molar-refractivity contribution in [2.24, 2.45) is 11.8 Å². The Kier molecular flexibility index (Phi) is 9.87. The Morgan fingerprint density at radius 2 is 1.47 bits per heavy atom. The SMILES string of the molecule is CC(C)Cc1cccc(OCCOCC[N+](C)(C)Cc2ccccc2)c1CC(C)C. The van der Waals surface area contributed by atoms with Gasteiger partial charge in [0.1, 0.15) is 25.4 Å². The van der Waals surface area contributed by atoms with E-state index >= 15 is 0 Å². The van der Waals surface area contributed by atoms with Gasteiger partial charge in [-0.05, 0) is 41.9 Å². The molecule has 3 nitrogen and oxygen atoms in total. The second-order valence-corrected chi connectivity index (χ2v) is 9.85. The average Bonchev–Trinajstić information content (AvgIpc) is 2.66. The Morgan fingerprint density at radius 3 is 2.13 bits per heavy atom. The second-order valence-electron chi connectivity index (χ2n) is 9.85. The highest BCUT2D eigenvalue weighted by Gasteiger charge is 2.16. The molecule has 166 valence electrons. The monoisotopic (exact) mass is 412 g/mol. The van der Waals surface area contributed by atoms with Crippen LogP contribution in [0.15, 0.2) is 48.5 Å². The molecule has 3 heteroatoms. The van der Waals surface area contributed by atoms with Gasteiger partial charge in [-0.3, -0.25) is 0 Å². The summed E-state index contributed by atoms with van der Waals surface area (Å²) in [4.78, 5) is 0. The van der Waals surface area contributed by atoms with Crippen LogP contribution in [0.3, 0.4) is 0 Å². The fourth-order valence-corrected chi connectivity index (χ4v) is 3.80. The molecule has 0 saturated heterocycles. The predicted octanol–water partition coefficient (Wildman–Crippen LogP) is 5.76. The number of nitrogens with zero attached hydrogens (tertiary/aromatic N) is 1. The lowest BCUT2D eigenvalue weighted by molar-refractivity contribution is -0.904. The highest BCUT2D eigenvalue weighted by atomic mass is 16.5. The lowest BCUT2D eigenvalue weighted by atomic mass is 9.92. The van der Waals surface area contributed by atoms with E-state index in [1.54, 1.807) is 0 Å². The number of hydrogen-bond donors (Lipinski definition) is 0. The van der Waals surface area contributed by atoms with Gasteiger partial charge in [0.05, 0.1) is 27.3 Å². The molecule has 0 unspecified atom stereocenters. The second kappa shape index (κ2) is 12.1. The fraction of sp³-hybridized carbons (Fsp3) is 0.556. The molecule has 2 rings (SSSR count). The first kappa shape index (κ1) is 24.4. The smallest absolute Gasteiger partial charge is 0.122 e. The molecule has 0 heterocycles. The van der Waals surface area contributed by atoms with Crippen molar-refractivity contribution in [1.29, 1.82) is 0 Å². The maximum Gasteiger partial charge on any atom is 0.122 e. The maximum atomic E-state index is 6.16. The molecule has 0 bridgehead atoms. The van der Waals surface area contributed by atoms with E-state index in [-0.39, 0.29) is 0 Å². The van der Waals surface area contributed by atoms with Gasteiger partial charge in [-0.1, -0.05) is 70.2 Å². The molecule has 0 aliphatic carbocycles. The minimum atomic E-state index is 0.600. The molecule has 0 radical (unpaired) electrons. The van der Waals surface area contributed by atoms with Crippen LogP contribution in [-0.4, -0.2) is 44.9 Å². The highest BCUT2D eigenvalue weighted by Crippen LogP contribution is 2.27. The zero-order chi connectivity index (χ0) is 22.0. The molecule has 0 N–H and O–H groups in total. The van der Waals surface area contributed by atoms with Gasteiger partial charge < -0.3 is 14.0 Å². The van der Waals surface area contributed by atoms with Crippen LogP contribution in [-0.2, 0) is 24.1 Å². The Labute approximate surface area is 184 Å². The predicted molar refractivity (Wildman–Crippen MR) is 127 cm³/mol. The van der Waals surface area contributed by atoms with Crippen LogP contribution in [0.5, 0.6) is 5.75 Å². The molecule has 30 heavy (non-hydrogen) atoms. The third-order valence-electron chi connectivity index (χ3n) is 5.25. The first-order valence-electron chi connectivity index (χ1n) is 11.4. The first-order valence-corrected chi connectivity index (χ1v) is 11.4. The minimum Gasteiger partial charge on any atom is -0.491 e. The van der Waals surface area contributed by atoms with Crippen LogP contribution in [0, 0.1) is 11.8 Å². The molecule has 0 fully saturated rings. The van der Waals surface area contributed by atoms with Gasteiger partial charge in [-0.15, -0.1) is 0 Å².